The molecule has 1 atom stereocenters. The summed E-state index contributed by atoms with van der Waals surface area (Å²) in [5.74, 6) is 0.718. The van der Waals surface area contributed by atoms with Crippen molar-refractivity contribution in [3.63, 3.8) is 0 Å². The predicted octanol–water partition coefficient (Wildman–Crippen LogP) is 3.09. The Hall–Kier alpha value is -2.70. The van der Waals surface area contributed by atoms with Crippen molar-refractivity contribution in [2.24, 2.45) is 0 Å². The lowest BCUT2D eigenvalue weighted by Gasteiger charge is -2.38. The summed E-state index contributed by atoms with van der Waals surface area (Å²) in [6, 6.07) is 4.89. The molecule has 3 aromatic rings. The molecule has 1 N–H and O–H groups in total. The Kier molecular flexibility index (Phi) is 4.22. The topological polar surface area (TPSA) is 65.1 Å². The van der Waals surface area contributed by atoms with Gasteiger partial charge in [-0.1, -0.05) is 6.92 Å². The van der Waals surface area contributed by atoms with Gasteiger partial charge in [0.05, 0.1) is 10.9 Å². The summed E-state index contributed by atoms with van der Waals surface area (Å²) in [6.45, 7) is 3.42. The quantitative estimate of drug-likeness (QED) is 0.784. The molecule has 3 heterocycles. The molecular weight excluding hydrogens is 333 g/mol. The minimum absolute atomic E-state index is 0.193. The summed E-state index contributed by atoms with van der Waals surface area (Å²) in [4.78, 5) is 28.2. The van der Waals surface area contributed by atoms with Crippen LogP contribution in [0.1, 0.15) is 26.2 Å². The lowest BCUT2D eigenvalue weighted by Crippen LogP contribution is -2.48. The molecule has 136 valence electrons. The highest BCUT2D eigenvalue weighted by molar-refractivity contribution is 6.11. The van der Waals surface area contributed by atoms with Gasteiger partial charge in [-0.15, -0.1) is 0 Å². The SMILES string of the molecule is CCC(=O)N1CCC[C@H](N(C)c2ncnc3[nH]c4cc(F)ccc4c23)C1. The van der Waals surface area contributed by atoms with Crippen molar-refractivity contribution in [2.45, 2.75) is 32.2 Å². The number of amides is 1. The number of H-pyrrole nitrogens is 1. The molecule has 1 aliphatic heterocycles. The van der Waals surface area contributed by atoms with Crippen LogP contribution in [0.4, 0.5) is 10.2 Å². The lowest BCUT2D eigenvalue weighted by molar-refractivity contribution is -0.132. The Labute approximate surface area is 151 Å². The largest absolute Gasteiger partial charge is 0.354 e. The van der Waals surface area contributed by atoms with E-state index in [1.165, 1.54) is 18.5 Å². The van der Waals surface area contributed by atoms with E-state index >= 15 is 0 Å². The lowest BCUT2D eigenvalue weighted by atomic mass is 10.0. The number of carbonyl (C=O) groups is 1. The third-order valence-corrected chi connectivity index (χ3v) is 5.26. The number of anilines is 1. The van der Waals surface area contributed by atoms with Crippen molar-refractivity contribution in [3.8, 4) is 0 Å². The molecule has 2 aromatic heterocycles. The van der Waals surface area contributed by atoms with Crippen molar-refractivity contribution in [1.29, 1.82) is 0 Å². The summed E-state index contributed by atoms with van der Waals surface area (Å²) in [6.07, 6.45) is 4.04. The van der Waals surface area contributed by atoms with Crippen LogP contribution in [0.15, 0.2) is 24.5 Å². The molecule has 0 aliphatic carbocycles. The van der Waals surface area contributed by atoms with Gasteiger partial charge in [-0.05, 0) is 31.0 Å². The van der Waals surface area contributed by atoms with Gasteiger partial charge in [0.1, 0.15) is 23.6 Å². The number of piperidine rings is 1. The maximum Gasteiger partial charge on any atom is 0.222 e. The number of aromatic amines is 1. The van der Waals surface area contributed by atoms with E-state index in [1.807, 2.05) is 18.9 Å². The van der Waals surface area contributed by atoms with E-state index in [0.717, 1.165) is 36.0 Å². The zero-order chi connectivity index (χ0) is 18.3. The number of likely N-dealkylation sites (tertiary alicyclic amines) is 1. The molecule has 6 nitrogen and oxygen atoms in total. The van der Waals surface area contributed by atoms with Crippen molar-refractivity contribution in [2.75, 3.05) is 25.0 Å². The maximum absolute atomic E-state index is 13.6. The number of benzene rings is 1. The van der Waals surface area contributed by atoms with Crippen molar-refractivity contribution in [3.05, 3.63) is 30.3 Å². The summed E-state index contributed by atoms with van der Waals surface area (Å²) >= 11 is 0. The number of nitrogens with zero attached hydrogens (tertiary/aromatic N) is 4. The highest BCUT2D eigenvalue weighted by Gasteiger charge is 2.27. The molecule has 1 saturated heterocycles. The molecule has 0 spiro atoms. The minimum atomic E-state index is -0.284. The monoisotopic (exact) mass is 355 g/mol. The van der Waals surface area contributed by atoms with Gasteiger partial charge >= 0.3 is 0 Å². The van der Waals surface area contributed by atoms with Crippen LogP contribution in [0.2, 0.25) is 0 Å². The predicted molar refractivity (Wildman–Crippen MR) is 99.6 cm³/mol. The Balaban J connectivity index is 1.74. The van der Waals surface area contributed by atoms with Gasteiger partial charge in [-0.3, -0.25) is 4.79 Å². The summed E-state index contributed by atoms with van der Waals surface area (Å²) in [5, 5.41) is 1.80. The first-order chi connectivity index (χ1) is 12.6. The van der Waals surface area contributed by atoms with Gasteiger partial charge in [0.25, 0.3) is 0 Å². The third kappa shape index (κ3) is 2.77. The first kappa shape index (κ1) is 16.8. The van der Waals surface area contributed by atoms with E-state index in [0.29, 0.717) is 24.1 Å². The Bertz CT molecular complexity index is 969. The van der Waals surface area contributed by atoms with Crippen LogP contribution in [0, 0.1) is 5.82 Å². The van der Waals surface area contributed by atoms with Crippen molar-refractivity contribution in [1.82, 2.24) is 19.9 Å². The van der Waals surface area contributed by atoms with Crippen molar-refractivity contribution >= 4 is 33.7 Å². The van der Waals surface area contributed by atoms with E-state index in [1.54, 1.807) is 6.07 Å². The molecule has 0 saturated carbocycles. The van der Waals surface area contributed by atoms with Gasteiger partial charge in [-0.25, -0.2) is 14.4 Å². The third-order valence-electron chi connectivity index (χ3n) is 5.26. The highest BCUT2D eigenvalue weighted by Crippen LogP contribution is 2.32. The average Bonchev–Trinajstić information content (AvgIpc) is 3.04. The second-order valence-electron chi connectivity index (χ2n) is 6.84. The van der Waals surface area contributed by atoms with Crippen LogP contribution in [0.3, 0.4) is 0 Å². The Morgan fingerprint density at radius 2 is 2.27 bits per heavy atom. The zero-order valence-corrected chi connectivity index (χ0v) is 15.0. The van der Waals surface area contributed by atoms with Crippen LogP contribution >= 0.6 is 0 Å². The van der Waals surface area contributed by atoms with Gasteiger partial charge < -0.3 is 14.8 Å². The standard InChI is InChI=1S/C19H22FN5O/c1-3-16(26)25-8-4-5-13(10-25)24(2)19-17-14-7-6-12(20)9-15(14)23-18(17)21-11-22-19/h6-7,9,11,13H,3-5,8,10H2,1-2H3,(H,21,22,23)/t13-/m0/s1. The van der Waals surface area contributed by atoms with E-state index in [9.17, 15) is 9.18 Å². The Morgan fingerprint density at radius 3 is 3.08 bits per heavy atom. The average molecular weight is 355 g/mol. The number of fused-ring (bicyclic) bond motifs is 3. The Morgan fingerprint density at radius 1 is 1.42 bits per heavy atom. The minimum Gasteiger partial charge on any atom is -0.354 e. The molecule has 0 bridgehead atoms. The first-order valence-corrected chi connectivity index (χ1v) is 9.01. The highest BCUT2D eigenvalue weighted by atomic mass is 19.1. The fourth-order valence-electron chi connectivity index (χ4n) is 3.85. The van der Waals surface area contributed by atoms with Crippen molar-refractivity contribution < 1.29 is 9.18 Å². The smallest absolute Gasteiger partial charge is 0.222 e. The van der Waals surface area contributed by atoms with E-state index in [4.69, 9.17) is 0 Å². The van der Waals surface area contributed by atoms with Crippen LogP contribution in [0.25, 0.3) is 21.9 Å². The number of halogens is 1. The summed E-state index contributed by atoms with van der Waals surface area (Å²) in [5.41, 5.74) is 1.40. The molecule has 0 unspecified atom stereocenters. The molecule has 26 heavy (non-hydrogen) atoms. The van der Waals surface area contributed by atoms with E-state index in [2.05, 4.69) is 19.9 Å². The van der Waals surface area contributed by atoms with Gasteiger partial charge in [0, 0.05) is 38.0 Å². The van der Waals surface area contributed by atoms with Gasteiger partial charge in [0.15, 0.2) is 0 Å². The molecule has 7 heteroatoms. The second kappa shape index (κ2) is 6.55. The van der Waals surface area contributed by atoms with Gasteiger partial charge in [0.2, 0.25) is 5.91 Å². The molecular formula is C19H22FN5O. The van der Waals surface area contributed by atoms with Crippen LogP contribution in [0.5, 0.6) is 0 Å². The number of hydrogen-bond acceptors (Lipinski definition) is 4. The number of nitrogens with one attached hydrogen (secondary N) is 1. The first-order valence-electron chi connectivity index (χ1n) is 9.01. The molecule has 1 aromatic carbocycles. The number of aromatic nitrogens is 3. The molecule has 1 fully saturated rings. The maximum atomic E-state index is 13.6. The fourth-order valence-corrected chi connectivity index (χ4v) is 3.85. The number of hydrogen-bond donors (Lipinski definition) is 1. The van der Waals surface area contributed by atoms with Crippen LogP contribution in [-0.2, 0) is 4.79 Å². The zero-order valence-electron chi connectivity index (χ0n) is 15.0. The molecule has 0 radical (unpaired) electrons. The van der Waals surface area contributed by atoms with E-state index < -0.39 is 0 Å². The number of likely N-dealkylation sites (N-methyl/N-ethyl adjacent to an activating group) is 1. The normalized spacial score (nSPS) is 17.8. The summed E-state index contributed by atoms with van der Waals surface area (Å²) < 4.78 is 13.6. The number of carbonyl (C=O) groups excluding carboxylic acids is 1. The van der Waals surface area contributed by atoms with E-state index in [-0.39, 0.29) is 17.8 Å². The van der Waals surface area contributed by atoms with Crippen LogP contribution in [-0.4, -0.2) is 51.9 Å². The number of rotatable bonds is 3. The fraction of sp³-hybridized carbons (Fsp3) is 0.421. The summed E-state index contributed by atoms with van der Waals surface area (Å²) in [7, 11) is 2.01. The molecule has 1 amide bonds. The van der Waals surface area contributed by atoms with Gasteiger partial charge in [-0.2, -0.15) is 0 Å². The molecule has 1 aliphatic rings. The second-order valence-corrected chi connectivity index (χ2v) is 6.84. The molecule has 4 rings (SSSR count). The van der Waals surface area contributed by atoms with Crippen LogP contribution < -0.4 is 4.90 Å².